The molecule has 1 saturated heterocycles. The average Bonchev–Trinajstić information content (AvgIpc) is 2.45. The number of halogens is 3. The van der Waals surface area contributed by atoms with Gasteiger partial charge in [0.2, 0.25) is 0 Å². The van der Waals surface area contributed by atoms with Gasteiger partial charge in [0, 0.05) is 18.8 Å². The van der Waals surface area contributed by atoms with Gasteiger partial charge in [0.15, 0.2) is 0 Å². The molecule has 0 bridgehead atoms. The Morgan fingerprint density at radius 1 is 1.24 bits per heavy atom. The monoisotopic (exact) mass is 306 g/mol. The van der Waals surface area contributed by atoms with Gasteiger partial charge in [-0.05, 0) is 18.9 Å². The van der Waals surface area contributed by atoms with Gasteiger partial charge in [0.1, 0.15) is 11.9 Å². The number of rotatable bonds is 5. The molecule has 1 atom stereocenters. The maximum Gasteiger partial charge on any atom is 0.573 e. The lowest BCUT2D eigenvalue weighted by Crippen LogP contribution is -2.27. The Balaban J connectivity index is 2.13. The molecule has 0 saturated carbocycles. The largest absolute Gasteiger partial charge is 0.573 e. The first-order chi connectivity index (χ1) is 9.99. The Hall–Kier alpha value is -1.31. The number of aliphatic hydroxyl groups is 1. The van der Waals surface area contributed by atoms with Crippen LogP contribution in [0.4, 0.5) is 13.2 Å². The van der Waals surface area contributed by atoms with Crippen molar-refractivity contribution >= 4 is 0 Å². The predicted octanol–water partition coefficient (Wildman–Crippen LogP) is 2.81. The van der Waals surface area contributed by atoms with E-state index in [-0.39, 0.29) is 17.4 Å². The zero-order chi connectivity index (χ0) is 15.3. The van der Waals surface area contributed by atoms with E-state index in [1.165, 1.54) is 18.2 Å². The van der Waals surface area contributed by atoms with Crippen molar-refractivity contribution in [1.82, 2.24) is 0 Å². The topological polar surface area (TPSA) is 47.9 Å². The number of para-hydroxylation sites is 1. The number of alkyl halides is 3. The molecule has 1 fully saturated rings. The van der Waals surface area contributed by atoms with Crippen LogP contribution >= 0.6 is 0 Å². The Bertz CT molecular complexity index is 444. The Kier molecular flexibility index (Phi) is 5.44. The van der Waals surface area contributed by atoms with Crippen molar-refractivity contribution in [2.45, 2.75) is 31.4 Å². The van der Waals surface area contributed by atoms with Crippen LogP contribution in [0.25, 0.3) is 0 Å². The third kappa shape index (κ3) is 4.87. The summed E-state index contributed by atoms with van der Waals surface area (Å²) in [5.41, 5.74) is 0.184. The quantitative estimate of drug-likeness (QED) is 0.909. The second kappa shape index (κ2) is 7.11. The molecule has 0 amide bonds. The van der Waals surface area contributed by atoms with Crippen LogP contribution in [0.3, 0.4) is 0 Å². The number of hydrogen-bond donors (Lipinski definition) is 1. The molecule has 0 radical (unpaired) electrons. The summed E-state index contributed by atoms with van der Waals surface area (Å²) >= 11 is 0. The van der Waals surface area contributed by atoms with E-state index in [0.717, 1.165) is 0 Å². The van der Waals surface area contributed by atoms with Crippen LogP contribution in [0.1, 0.15) is 24.5 Å². The zero-order valence-electron chi connectivity index (χ0n) is 11.3. The van der Waals surface area contributed by atoms with Crippen LogP contribution in [-0.4, -0.2) is 37.4 Å². The van der Waals surface area contributed by atoms with Crippen molar-refractivity contribution in [3.05, 3.63) is 29.8 Å². The van der Waals surface area contributed by atoms with E-state index in [1.807, 2.05) is 0 Å². The summed E-state index contributed by atoms with van der Waals surface area (Å²) in [5.74, 6) is -0.351. The van der Waals surface area contributed by atoms with Crippen LogP contribution in [0, 0.1) is 0 Å². The summed E-state index contributed by atoms with van der Waals surface area (Å²) in [4.78, 5) is 0. The molecule has 1 heterocycles. The fourth-order valence-electron chi connectivity index (χ4n) is 2.22. The van der Waals surface area contributed by atoms with Crippen molar-refractivity contribution in [3.8, 4) is 5.75 Å². The second-order valence-electron chi connectivity index (χ2n) is 4.70. The fourth-order valence-corrected chi connectivity index (χ4v) is 2.22. The van der Waals surface area contributed by atoms with Crippen molar-refractivity contribution < 1.29 is 32.5 Å². The summed E-state index contributed by atoms with van der Waals surface area (Å²) in [6.45, 7) is 0.669. The van der Waals surface area contributed by atoms with Gasteiger partial charge in [0.05, 0.1) is 12.7 Å². The highest BCUT2D eigenvalue weighted by Crippen LogP contribution is 2.33. The van der Waals surface area contributed by atoms with Gasteiger partial charge in [-0.1, -0.05) is 18.2 Å². The van der Waals surface area contributed by atoms with Gasteiger partial charge in [-0.2, -0.15) is 0 Å². The van der Waals surface area contributed by atoms with Gasteiger partial charge in [0.25, 0.3) is 0 Å². The number of benzene rings is 1. The molecule has 1 unspecified atom stereocenters. The SMILES string of the molecule is OCC(OC1CCOCC1)c1ccccc1OC(F)(F)F. The van der Waals surface area contributed by atoms with Gasteiger partial charge in [-0.3, -0.25) is 0 Å². The molecule has 118 valence electrons. The lowest BCUT2D eigenvalue weighted by atomic mass is 10.1. The molecule has 4 nitrogen and oxygen atoms in total. The molecule has 1 aromatic rings. The molecule has 1 aliphatic rings. The third-order valence-electron chi connectivity index (χ3n) is 3.18. The number of aliphatic hydroxyl groups excluding tert-OH is 1. The van der Waals surface area contributed by atoms with Crippen LogP contribution in [0.5, 0.6) is 5.75 Å². The molecule has 21 heavy (non-hydrogen) atoms. The normalized spacial score (nSPS) is 18.5. The van der Waals surface area contributed by atoms with Gasteiger partial charge >= 0.3 is 6.36 Å². The molecule has 1 aromatic carbocycles. The zero-order valence-corrected chi connectivity index (χ0v) is 11.3. The van der Waals surface area contributed by atoms with E-state index >= 15 is 0 Å². The third-order valence-corrected chi connectivity index (χ3v) is 3.18. The average molecular weight is 306 g/mol. The summed E-state index contributed by atoms with van der Waals surface area (Å²) in [5, 5.41) is 9.44. The first kappa shape index (κ1) is 16.1. The summed E-state index contributed by atoms with van der Waals surface area (Å²) in [6, 6.07) is 5.68. The summed E-state index contributed by atoms with van der Waals surface area (Å²) in [7, 11) is 0. The van der Waals surface area contributed by atoms with Gasteiger partial charge in [-0.15, -0.1) is 13.2 Å². The first-order valence-electron chi connectivity index (χ1n) is 6.68. The summed E-state index contributed by atoms with van der Waals surface area (Å²) < 4.78 is 52.1. The highest BCUT2D eigenvalue weighted by Gasteiger charge is 2.33. The minimum atomic E-state index is -4.78. The summed E-state index contributed by atoms with van der Waals surface area (Å²) in [6.07, 6.45) is -4.48. The van der Waals surface area contributed by atoms with E-state index in [9.17, 15) is 18.3 Å². The van der Waals surface area contributed by atoms with Gasteiger partial charge < -0.3 is 19.3 Å². The van der Waals surface area contributed by atoms with Crippen molar-refractivity contribution in [2.75, 3.05) is 19.8 Å². The van der Waals surface area contributed by atoms with E-state index in [1.54, 1.807) is 6.07 Å². The maximum absolute atomic E-state index is 12.4. The highest BCUT2D eigenvalue weighted by molar-refractivity contribution is 5.35. The van der Waals surface area contributed by atoms with Gasteiger partial charge in [-0.25, -0.2) is 0 Å². The van der Waals surface area contributed by atoms with E-state index in [0.29, 0.717) is 26.1 Å². The Labute approximate surface area is 120 Å². The van der Waals surface area contributed by atoms with Crippen LogP contribution in [0.2, 0.25) is 0 Å². The lowest BCUT2D eigenvalue weighted by molar-refractivity contribution is -0.275. The minimum Gasteiger partial charge on any atom is -0.405 e. The smallest absolute Gasteiger partial charge is 0.405 e. The Morgan fingerprint density at radius 3 is 2.52 bits per heavy atom. The molecule has 0 spiro atoms. The lowest BCUT2D eigenvalue weighted by Gasteiger charge is -2.28. The van der Waals surface area contributed by atoms with Crippen molar-refractivity contribution in [1.29, 1.82) is 0 Å². The minimum absolute atomic E-state index is 0.144. The molecule has 7 heteroatoms. The molecule has 0 aliphatic carbocycles. The fraction of sp³-hybridized carbons (Fsp3) is 0.571. The van der Waals surface area contributed by atoms with E-state index in [4.69, 9.17) is 9.47 Å². The van der Waals surface area contributed by atoms with E-state index < -0.39 is 19.1 Å². The van der Waals surface area contributed by atoms with Crippen molar-refractivity contribution in [3.63, 3.8) is 0 Å². The second-order valence-corrected chi connectivity index (χ2v) is 4.70. The van der Waals surface area contributed by atoms with Crippen LogP contribution in [-0.2, 0) is 9.47 Å². The maximum atomic E-state index is 12.4. The molecule has 0 aromatic heterocycles. The number of ether oxygens (including phenoxy) is 3. The van der Waals surface area contributed by atoms with Crippen LogP contribution in [0.15, 0.2) is 24.3 Å². The van der Waals surface area contributed by atoms with E-state index in [2.05, 4.69) is 4.74 Å². The van der Waals surface area contributed by atoms with Crippen LogP contribution < -0.4 is 4.74 Å². The standard InChI is InChI=1S/C14H17F3O4/c15-14(16,17)21-12-4-2-1-3-11(12)13(9-18)20-10-5-7-19-8-6-10/h1-4,10,13,18H,5-9H2. The number of hydrogen-bond acceptors (Lipinski definition) is 4. The Morgan fingerprint density at radius 2 is 1.90 bits per heavy atom. The molecule has 1 N–H and O–H groups in total. The molecular formula is C14H17F3O4. The molecule has 1 aliphatic heterocycles. The highest BCUT2D eigenvalue weighted by atomic mass is 19.4. The van der Waals surface area contributed by atoms with Crippen molar-refractivity contribution in [2.24, 2.45) is 0 Å². The predicted molar refractivity (Wildman–Crippen MR) is 67.9 cm³/mol. The molecule has 2 rings (SSSR count). The molecular weight excluding hydrogens is 289 g/mol. The first-order valence-corrected chi connectivity index (χ1v) is 6.68.